The predicted octanol–water partition coefficient (Wildman–Crippen LogP) is 3.10. The normalized spacial score (nSPS) is 16.6. The molecule has 1 fully saturated rings. The van der Waals surface area contributed by atoms with Crippen molar-refractivity contribution in [1.82, 2.24) is 9.88 Å². The van der Waals surface area contributed by atoms with Gasteiger partial charge in [0.25, 0.3) is 0 Å². The molecule has 1 saturated heterocycles. The van der Waals surface area contributed by atoms with Crippen LogP contribution in [-0.2, 0) is 6.54 Å². The Labute approximate surface area is 159 Å². The minimum Gasteiger partial charge on any atom is -0.497 e. The van der Waals surface area contributed by atoms with Crippen molar-refractivity contribution in [1.29, 1.82) is 0 Å². The summed E-state index contributed by atoms with van der Waals surface area (Å²) >= 11 is 1.72. The average Bonchev–Trinajstić information content (AvgIpc) is 3.06. The van der Waals surface area contributed by atoms with Crippen molar-refractivity contribution < 1.29 is 4.74 Å². The van der Waals surface area contributed by atoms with Gasteiger partial charge in [0.05, 0.1) is 17.8 Å². The largest absolute Gasteiger partial charge is 0.497 e. The highest BCUT2D eigenvalue weighted by Gasteiger charge is 2.19. The highest BCUT2D eigenvalue weighted by atomic mass is 32.1. The van der Waals surface area contributed by atoms with Crippen molar-refractivity contribution in [2.24, 2.45) is 16.6 Å². The maximum Gasteiger partial charge on any atom is 0.193 e. The van der Waals surface area contributed by atoms with Gasteiger partial charge in [-0.3, -0.25) is 9.89 Å². The summed E-state index contributed by atoms with van der Waals surface area (Å²) in [6, 6.07) is 7.68. The molecule has 6 nitrogen and oxygen atoms in total. The maximum atomic E-state index is 6.03. The highest BCUT2D eigenvalue weighted by molar-refractivity contribution is 7.09. The number of nitrogens with zero attached hydrogens (tertiary/aromatic N) is 3. The number of nitrogens with one attached hydrogen (secondary N) is 1. The molecular formula is C19H27N5OS. The molecule has 7 heteroatoms. The fourth-order valence-corrected chi connectivity index (χ4v) is 3.76. The van der Waals surface area contributed by atoms with Gasteiger partial charge in [0.15, 0.2) is 5.96 Å². The number of aromatic nitrogens is 1. The molecule has 1 aromatic heterocycles. The van der Waals surface area contributed by atoms with Gasteiger partial charge in [0, 0.05) is 30.2 Å². The molecule has 0 amide bonds. The van der Waals surface area contributed by atoms with E-state index in [0.29, 0.717) is 11.9 Å². The van der Waals surface area contributed by atoms with E-state index in [0.717, 1.165) is 55.5 Å². The van der Waals surface area contributed by atoms with Gasteiger partial charge in [0.2, 0.25) is 0 Å². The van der Waals surface area contributed by atoms with Gasteiger partial charge in [0.1, 0.15) is 5.75 Å². The summed E-state index contributed by atoms with van der Waals surface area (Å²) in [5, 5.41) is 6.44. The number of guanidine groups is 1. The van der Waals surface area contributed by atoms with Crippen LogP contribution < -0.4 is 15.8 Å². The smallest absolute Gasteiger partial charge is 0.193 e. The van der Waals surface area contributed by atoms with Gasteiger partial charge >= 0.3 is 0 Å². The number of hydrogen-bond donors (Lipinski definition) is 2. The third-order valence-corrected chi connectivity index (χ3v) is 5.44. The van der Waals surface area contributed by atoms with Crippen molar-refractivity contribution in [2.45, 2.75) is 26.3 Å². The molecule has 26 heavy (non-hydrogen) atoms. The molecule has 1 aliphatic rings. The Bertz CT molecular complexity index is 737. The predicted molar refractivity (Wildman–Crippen MR) is 108 cm³/mol. The molecule has 2 aromatic rings. The van der Waals surface area contributed by atoms with Crippen LogP contribution in [0.4, 0.5) is 5.69 Å². The minimum atomic E-state index is 0.457. The molecular weight excluding hydrogens is 346 g/mol. The molecule has 2 heterocycles. The number of piperidine rings is 1. The van der Waals surface area contributed by atoms with Crippen LogP contribution in [0.15, 0.2) is 34.6 Å². The minimum absolute atomic E-state index is 0.457. The van der Waals surface area contributed by atoms with E-state index in [1.54, 1.807) is 18.4 Å². The molecule has 140 valence electrons. The summed E-state index contributed by atoms with van der Waals surface area (Å²) in [6.45, 7) is 5.98. The molecule has 3 N–H and O–H groups in total. The van der Waals surface area contributed by atoms with Crippen LogP contribution in [0, 0.1) is 12.8 Å². The van der Waals surface area contributed by atoms with Crippen molar-refractivity contribution >= 4 is 23.0 Å². The van der Waals surface area contributed by atoms with Gasteiger partial charge in [-0.15, -0.1) is 11.3 Å². The Morgan fingerprint density at radius 2 is 2.23 bits per heavy atom. The maximum absolute atomic E-state index is 6.03. The Hall–Kier alpha value is -2.12. The van der Waals surface area contributed by atoms with Crippen LogP contribution in [-0.4, -0.2) is 42.6 Å². The van der Waals surface area contributed by atoms with E-state index in [4.69, 9.17) is 10.5 Å². The fourth-order valence-electron chi connectivity index (χ4n) is 3.15. The Morgan fingerprint density at radius 1 is 1.42 bits per heavy atom. The van der Waals surface area contributed by atoms with Crippen LogP contribution in [0.25, 0.3) is 0 Å². The standard InChI is InChI=1S/C19H27N5OS/c1-14-22-17(13-26-14)12-24-8-6-15(7-9-24)11-21-19(20)23-16-4-3-5-18(10-16)25-2/h3-5,10,13,15H,6-9,11-12H2,1-2H3,(H3,20,21,23). The number of methoxy groups -OCH3 is 1. The van der Waals surface area contributed by atoms with Crippen LogP contribution in [0.3, 0.4) is 0 Å². The Kier molecular flexibility index (Phi) is 6.46. The number of ether oxygens (including phenoxy) is 1. The molecule has 1 aliphatic heterocycles. The second-order valence-corrected chi connectivity index (χ2v) is 7.72. The van der Waals surface area contributed by atoms with Gasteiger partial charge in [-0.05, 0) is 50.9 Å². The number of anilines is 1. The Balaban J connectivity index is 1.42. The summed E-state index contributed by atoms with van der Waals surface area (Å²) in [6.07, 6.45) is 2.30. The van der Waals surface area contributed by atoms with Crippen molar-refractivity contribution in [3.63, 3.8) is 0 Å². The number of rotatable bonds is 6. The quantitative estimate of drug-likeness (QED) is 0.601. The third kappa shape index (κ3) is 5.44. The van der Waals surface area contributed by atoms with Crippen LogP contribution in [0.2, 0.25) is 0 Å². The first-order chi connectivity index (χ1) is 12.6. The summed E-state index contributed by atoms with van der Waals surface area (Å²) in [7, 11) is 1.65. The molecule has 0 spiro atoms. The first-order valence-corrected chi connectivity index (χ1v) is 9.84. The summed E-state index contributed by atoms with van der Waals surface area (Å²) in [4.78, 5) is 11.6. The summed E-state index contributed by atoms with van der Waals surface area (Å²) < 4.78 is 5.22. The van der Waals surface area contributed by atoms with E-state index in [1.165, 1.54) is 5.69 Å². The average molecular weight is 374 g/mol. The zero-order valence-electron chi connectivity index (χ0n) is 15.4. The summed E-state index contributed by atoms with van der Waals surface area (Å²) in [5.74, 6) is 1.85. The molecule has 0 saturated carbocycles. The van der Waals surface area contributed by atoms with Gasteiger partial charge in [-0.1, -0.05) is 6.07 Å². The zero-order chi connectivity index (χ0) is 18.4. The lowest BCUT2D eigenvalue weighted by atomic mass is 9.97. The monoisotopic (exact) mass is 373 g/mol. The number of nitrogens with two attached hydrogens (primary N) is 1. The lowest BCUT2D eigenvalue weighted by Crippen LogP contribution is -2.34. The number of likely N-dealkylation sites (tertiary alicyclic amines) is 1. The van der Waals surface area contributed by atoms with E-state index in [2.05, 4.69) is 32.5 Å². The number of hydrogen-bond acceptors (Lipinski definition) is 5. The van der Waals surface area contributed by atoms with E-state index >= 15 is 0 Å². The molecule has 1 aromatic carbocycles. The number of aliphatic imine (C=N–C) groups is 1. The van der Waals surface area contributed by atoms with E-state index in [9.17, 15) is 0 Å². The molecule has 0 atom stereocenters. The van der Waals surface area contributed by atoms with Crippen molar-refractivity contribution in [3.05, 3.63) is 40.3 Å². The SMILES string of the molecule is COc1cccc(NC(N)=NCC2CCN(Cc3csc(C)n3)CC2)c1. The number of aryl methyl sites for hydroxylation is 1. The first-order valence-electron chi connectivity index (χ1n) is 8.96. The molecule has 0 radical (unpaired) electrons. The second kappa shape index (κ2) is 9.00. The lowest BCUT2D eigenvalue weighted by Gasteiger charge is -2.30. The van der Waals surface area contributed by atoms with E-state index in [-0.39, 0.29) is 0 Å². The van der Waals surface area contributed by atoms with Gasteiger partial charge in [-0.25, -0.2) is 4.98 Å². The summed E-state index contributed by atoms with van der Waals surface area (Å²) in [5.41, 5.74) is 8.11. The van der Waals surface area contributed by atoms with Crippen molar-refractivity contribution in [3.8, 4) is 5.75 Å². The first kappa shape index (κ1) is 18.7. The third-order valence-electron chi connectivity index (χ3n) is 4.62. The van der Waals surface area contributed by atoms with Crippen molar-refractivity contribution in [2.75, 3.05) is 32.1 Å². The van der Waals surface area contributed by atoms with Gasteiger partial charge in [-0.2, -0.15) is 0 Å². The van der Waals surface area contributed by atoms with Crippen LogP contribution in [0.5, 0.6) is 5.75 Å². The zero-order valence-corrected chi connectivity index (χ0v) is 16.3. The van der Waals surface area contributed by atoms with Crippen LogP contribution >= 0.6 is 11.3 Å². The highest BCUT2D eigenvalue weighted by Crippen LogP contribution is 2.20. The molecule has 3 rings (SSSR count). The number of benzene rings is 1. The molecule has 0 unspecified atom stereocenters. The molecule has 0 aliphatic carbocycles. The van der Waals surface area contributed by atoms with E-state index in [1.807, 2.05) is 24.3 Å². The lowest BCUT2D eigenvalue weighted by molar-refractivity contribution is 0.179. The second-order valence-electron chi connectivity index (χ2n) is 6.66. The number of thiazole rings is 1. The molecule has 0 bridgehead atoms. The fraction of sp³-hybridized carbons (Fsp3) is 0.474. The van der Waals surface area contributed by atoms with Gasteiger partial charge < -0.3 is 15.8 Å². The van der Waals surface area contributed by atoms with E-state index < -0.39 is 0 Å². The Morgan fingerprint density at radius 3 is 2.92 bits per heavy atom. The topological polar surface area (TPSA) is 75.8 Å². The van der Waals surface area contributed by atoms with Crippen LogP contribution in [0.1, 0.15) is 23.5 Å².